The van der Waals surface area contributed by atoms with E-state index in [4.69, 9.17) is 23.2 Å². The van der Waals surface area contributed by atoms with Gasteiger partial charge in [0.05, 0.1) is 10.8 Å². The first kappa shape index (κ1) is 23.3. The van der Waals surface area contributed by atoms with Crippen molar-refractivity contribution in [2.45, 2.75) is 68.9 Å². The summed E-state index contributed by atoms with van der Waals surface area (Å²) in [4.78, 5) is 2.61. The minimum absolute atomic E-state index is 0.0825. The van der Waals surface area contributed by atoms with E-state index >= 15 is 0 Å². The van der Waals surface area contributed by atoms with E-state index in [1.165, 1.54) is 18.4 Å². The predicted molar refractivity (Wildman–Crippen MR) is 124 cm³/mol. The monoisotopic (exact) mass is 442 g/mol. The molecule has 1 fully saturated rings. The Morgan fingerprint density at radius 3 is 2.45 bits per heavy atom. The number of alkyl halides is 3. The maximum atomic E-state index is 13.2. The second-order valence-corrected chi connectivity index (χ2v) is 10.3. The summed E-state index contributed by atoms with van der Waals surface area (Å²) in [6, 6.07) is 0.506. The van der Waals surface area contributed by atoms with Crippen LogP contribution in [0.3, 0.4) is 0 Å². The number of hydrogen-bond acceptors (Lipinski definition) is 2. The molecule has 0 spiro atoms. The lowest BCUT2D eigenvalue weighted by molar-refractivity contribution is 0.166. The van der Waals surface area contributed by atoms with E-state index in [1.807, 2.05) is 6.08 Å². The van der Waals surface area contributed by atoms with Crippen LogP contribution in [-0.2, 0) is 0 Å². The summed E-state index contributed by atoms with van der Waals surface area (Å²) in [5, 5.41) is 3.62. The third-order valence-electron chi connectivity index (χ3n) is 6.77. The first-order chi connectivity index (χ1) is 13.9. The fourth-order valence-corrected chi connectivity index (χ4v) is 5.06. The standard InChI is InChI=1S/C24H37Cl2FN2/c1-17(2)24(28-12-9-18-3-6-21(27)7-4-18)16-29-13-10-19(11-14-29)20-5-8-22(25)23(26)15-20/h3,5-6,8,15,17-19,21-24,28H,4,7,9-14,16H2,1-2H3/t18?,21?,22?,23?,24-/m0/s1. The van der Waals surface area contributed by atoms with Crippen molar-refractivity contribution >= 4 is 23.2 Å². The minimum atomic E-state index is -0.725. The van der Waals surface area contributed by atoms with Crippen molar-refractivity contribution in [3.8, 4) is 0 Å². The Hall–Kier alpha value is -0.350. The van der Waals surface area contributed by atoms with Gasteiger partial charge in [0.2, 0.25) is 0 Å². The number of halogens is 3. The first-order valence-corrected chi connectivity index (χ1v) is 12.3. The predicted octanol–water partition coefficient (Wildman–Crippen LogP) is 5.72. The number of piperidine rings is 1. The topological polar surface area (TPSA) is 15.3 Å². The molecule has 0 bridgehead atoms. The van der Waals surface area contributed by atoms with Crippen LogP contribution < -0.4 is 5.32 Å². The molecule has 2 nitrogen and oxygen atoms in total. The Kier molecular flexibility index (Phi) is 9.10. The summed E-state index contributed by atoms with van der Waals surface area (Å²) in [5.74, 6) is 1.75. The summed E-state index contributed by atoms with van der Waals surface area (Å²) >= 11 is 12.5. The van der Waals surface area contributed by atoms with Crippen LogP contribution >= 0.6 is 23.2 Å². The average molecular weight is 443 g/mol. The number of allylic oxidation sites excluding steroid dienone is 6. The number of nitrogens with zero attached hydrogens (tertiary/aromatic N) is 1. The van der Waals surface area contributed by atoms with Crippen LogP contribution in [0.4, 0.5) is 4.39 Å². The van der Waals surface area contributed by atoms with Gasteiger partial charge >= 0.3 is 0 Å². The summed E-state index contributed by atoms with van der Waals surface area (Å²) in [6.07, 6.45) is 14.6. The van der Waals surface area contributed by atoms with Crippen LogP contribution in [0.15, 0.2) is 36.0 Å². The summed E-state index contributed by atoms with van der Waals surface area (Å²) in [5.41, 5.74) is 1.37. The molecule has 5 heteroatoms. The van der Waals surface area contributed by atoms with Crippen molar-refractivity contribution in [3.63, 3.8) is 0 Å². The molecule has 1 aliphatic heterocycles. The lowest BCUT2D eigenvalue weighted by Gasteiger charge is -2.37. The highest BCUT2D eigenvalue weighted by Crippen LogP contribution is 2.31. The van der Waals surface area contributed by atoms with Gasteiger partial charge < -0.3 is 10.2 Å². The Balaban J connectivity index is 1.40. The average Bonchev–Trinajstić information content (AvgIpc) is 2.71. The number of rotatable bonds is 8. The van der Waals surface area contributed by atoms with Gasteiger partial charge in [-0.25, -0.2) is 4.39 Å². The van der Waals surface area contributed by atoms with Crippen LogP contribution in [0.1, 0.15) is 46.0 Å². The summed E-state index contributed by atoms with van der Waals surface area (Å²) < 4.78 is 13.2. The van der Waals surface area contributed by atoms with Gasteiger partial charge in [-0.15, -0.1) is 23.2 Å². The fraction of sp³-hybridized carbons (Fsp3) is 0.750. The molecule has 1 heterocycles. The maximum absolute atomic E-state index is 13.2. The van der Waals surface area contributed by atoms with E-state index in [0.29, 0.717) is 30.2 Å². The highest BCUT2D eigenvalue weighted by atomic mass is 35.5. The van der Waals surface area contributed by atoms with E-state index in [1.54, 1.807) is 6.08 Å². The molecule has 0 aromatic carbocycles. The van der Waals surface area contributed by atoms with Crippen LogP contribution in [0.2, 0.25) is 0 Å². The molecule has 0 aromatic heterocycles. The van der Waals surface area contributed by atoms with E-state index in [2.05, 4.69) is 42.3 Å². The smallest absolute Gasteiger partial charge is 0.118 e. The number of hydrogen-bond donors (Lipinski definition) is 1. The molecule has 4 unspecified atom stereocenters. The molecule has 0 aromatic rings. The summed E-state index contributed by atoms with van der Waals surface area (Å²) in [6.45, 7) is 9.01. The molecule has 1 N–H and O–H groups in total. The van der Waals surface area contributed by atoms with E-state index < -0.39 is 6.17 Å². The first-order valence-electron chi connectivity index (χ1n) is 11.4. The highest BCUT2D eigenvalue weighted by Gasteiger charge is 2.27. The van der Waals surface area contributed by atoms with Crippen molar-refractivity contribution in [2.24, 2.45) is 17.8 Å². The zero-order valence-corrected chi connectivity index (χ0v) is 19.4. The molecule has 0 amide bonds. The second kappa shape index (κ2) is 11.3. The number of nitrogens with one attached hydrogen (secondary N) is 1. The van der Waals surface area contributed by atoms with Crippen molar-refractivity contribution < 1.29 is 4.39 Å². The van der Waals surface area contributed by atoms with Crippen LogP contribution in [0.5, 0.6) is 0 Å². The van der Waals surface area contributed by atoms with Crippen molar-refractivity contribution in [1.29, 1.82) is 0 Å². The summed E-state index contributed by atoms with van der Waals surface area (Å²) in [7, 11) is 0. The molecule has 5 atom stereocenters. The highest BCUT2D eigenvalue weighted by molar-refractivity contribution is 6.31. The van der Waals surface area contributed by atoms with Crippen LogP contribution in [0.25, 0.3) is 0 Å². The van der Waals surface area contributed by atoms with Gasteiger partial charge in [0, 0.05) is 12.6 Å². The van der Waals surface area contributed by atoms with Gasteiger partial charge in [0.1, 0.15) is 6.17 Å². The Bertz CT molecular complexity index is 596. The van der Waals surface area contributed by atoms with Gasteiger partial charge in [-0.2, -0.15) is 0 Å². The molecular formula is C24H37Cl2FN2. The van der Waals surface area contributed by atoms with E-state index in [-0.39, 0.29) is 10.8 Å². The van der Waals surface area contributed by atoms with Crippen LogP contribution in [-0.4, -0.2) is 54.0 Å². The fourth-order valence-electron chi connectivity index (χ4n) is 4.69. The van der Waals surface area contributed by atoms with Crippen molar-refractivity contribution in [2.75, 3.05) is 26.2 Å². The van der Waals surface area contributed by atoms with Crippen LogP contribution in [0, 0.1) is 17.8 Å². The zero-order valence-electron chi connectivity index (χ0n) is 17.9. The molecule has 164 valence electrons. The Morgan fingerprint density at radius 2 is 1.83 bits per heavy atom. The van der Waals surface area contributed by atoms with Gasteiger partial charge in [-0.1, -0.05) is 44.2 Å². The molecular weight excluding hydrogens is 406 g/mol. The molecule has 1 saturated heterocycles. The SMILES string of the molecule is CC(C)[C@H](CN1CCC(C2=CC(Cl)C(Cl)C=C2)CC1)NCCC1C=CC(F)CC1. The normalized spacial score (nSPS) is 32.6. The third kappa shape index (κ3) is 7.09. The van der Waals surface area contributed by atoms with E-state index in [0.717, 1.165) is 39.0 Å². The quantitative estimate of drug-likeness (QED) is 0.381. The molecule has 29 heavy (non-hydrogen) atoms. The molecule has 0 radical (unpaired) electrons. The molecule has 3 aliphatic rings. The number of likely N-dealkylation sites (tertiary alicyclic amines) is 1. The molecule has 3 rings (SSSR count). The van der Waals surface area contributed by atoms with Gasteiger partial charge in [0.25, 0.3) is 0 Å². The van der Waals surface area contributed by atoms with Gasteiger partial charge in [-0.05, 0) is 75.1 Å². The molecule has 2 aliphatic carbocycles. The van der Waals surface area contributed by atoms with Crippen molar-refractivity contribution in [3.05, 3.63) is 36.0 Å². The van der Waals surface area contributed by atoms with Gasteiger partial charge in [-0.3, -0.25) is 0 Å². The Morgan fingerprint density at radius 1 is 1.07 bits per heavy atom. The lowest BCUT2D eigenvalue weighted by atomic mass is 9.86. The minimum Gasteiger partial charge on any atom is -0.312 e. The molecule has 0 saturated carbocycles. The van der Waals surface area contributed by atoms with Crippen molar-refractivity contribution in [1.82, 2.24) is 10.2 Å². The lowest BCUT2D eigenvalue weighted by Crippen LogP contribution is -2.47. The maximum Gasteiger partial charge on any atom is 0.118 e. The largest absolute Gasteiger partial charge is 0.312 e. The second-order valence-electron chi connectivity index (χ2n) is 9.32. The Labute approximate surface area is 186 Å². The van der Waals surface area contributed by atoms with Gasteiger partial charge in [0.15, 0.2) is 0 Å². The zero-order chi connectivity index (χ0) is 20.8. The third-order valence-corrected chi connectivity index (χ3v) is 7.72. The van der Waals surface area contributed by atoms with E-state index in [9.17, 15) is 4.39 Å².